The molecule has 0 aromatic heterocycles. The second-order valence-corrected chi connectivity index (χ2v) is 3.32. The van der Waals surface area contributed by atoms with Gasteiger partial charge in [-0.15, -0.1) is 0 Å². The molecule has 0 saturated heterocycles. The monoisotopic (exact) mass is 214 g/mol. The molecule has 0 aromatic rings. The molecule has 76 valence electrons. The van der Waals surface area contributed by atoms with Gasteiger partial charge in [-0.05, 0) is 12.2 Å². The van der Waals surface area contributed by atoms with Crippen molar-refractivity contribution in [3.05, 3.63) is 11.9 Å². The van der Waals surface area contributed by atoms with Crippen LogP contribution in [0.1, 0.15) is 12.8 Å². The van der Waals surface area contributed by atoms with Crippen LogP contribution in [-0.2, 0) is 4.79 Å². The van der Waals surface area contributed by atoms with Crippen LogP contribution >= 0.6 is 11.8 Å². The second kappa shape index (κ2) is 6.82. The molecule has 0 fully saturated rings. The highest BCUT2D eigenvalue weighted by molar-refractivity contribution is 7.99. The van der Waals surface area contributed by atoms with E-state index in [0.717, 1.165) is 11.8 Å². The predicted octanol–water partition coefficient (Wildman–Crippen LogP) is 2.66. The molecule has 0 aliphatic carbocycles. The summed E-state index contributed by atoms with van der Waals surface area (Å²) in [5.74, 6) is -2.08. The van der Waals surface area contributed by atoms with Crippen LogP contribution in [0.3, 0.4) is 0 Å². The van der Waals surface area contributed by atoms with Crippen LogP contribution < -0.4 is 0 Å². The normalized spacial score (nSPS) is 9.77. The highest BCUT2D eigenvalue weighted by Gasteiger charge is 2.04. The van der Waals surface area contributed by atoms with Crippen LogP contribution in [0.4, 0.5) is 13.2 Å². The van der Waals surface area contributed by atoms with Gasteiger partial charge in [-0.2, -0.15) is 20.5 Å². The number of halogens is 3. The number of carboxylic acid groups (broad SMARTS) is 1. The van der Waals surface area contributed by atoms with Crippen LogP contribution in [0.2, 0.25) is 0 Å². The third-order valence-corrected chi connectivity index (χ3v) is 2.14. The number of carbonyl (C=O) groups is 1. The van der Waals surface area contributed by atoms with Gasteiger partial charge in [0.25, 0.3) is 0 Å². The van der Waals surface area contributed by atoms with Gasteiger partial charge in [0.1, 0.15) is 0 Å². The zero-order valence-corrected chi connectivity index (χ0v) is 7.54. The van der Waals surface area contributed by atoms with Gasteiger partial charge in [-0.1, -0.05) is 0 Å². The molecule has 0 aromatic carbocycles. The molecule has 0 rings (SSSR count). The minimum Gasteiger partial charge on any atom is -0.481 e. The SMILES string of the molecule is O=C(O)CSCCCC(F)=C(F)F. The van der Waals surface area contributed by atoms with Crippen molar-refractivity contribution in [1.29, 1.82) is 0 Å². The van der Waals surface area contributed by atoms with Gasteiger partial charge in [0.2, 0.25) is 0 Å². The molecule has 0 radical (unpaired) electrons. The molecule has 0 bridgehead atoms. The molecule has 6 heteroatoms. The molecule has 1 N–H and O–H groups in total. The van der Waals surface area contributed by atoms with Gasteiger partial charge in [0, 0.05) is 6.42 Å². The highest BCUT2D eigenvalue weighted by atomic mass is 32.2. The molecule has 0 spiro atoms. The van der Waals surface area contributed by atoms with Gasteiger partial charge in [0.15, 0.2) is 5.83 Å². The number of thioether (sulfide) groups is 1. The summed E-state index contributed by atoms with van der Waals surface area (Å²) in [5, 5.41) is 8.19. The first-order valence-corrected chi connectivity index (χ1v) is 4.68. The number of rotatable bonds is 6. The first-order valence-electron chi connectivity index (χ1n) is 3.53. The molecule has 2 nitrogen and oxygen atoms in total. The van der Waals surface area contributed by atoms with Crippen LogP contribution in [0.25, 0.3) is 0 Å². The lowest BCUT2D eigenvalue weighted by Gasteiger charge is -1.96. The van der Waals surface area contributed by atoms with Crippen molar-refractivity contribution in [1.82, 2.24) is 0 Å². The summed E-state index contributed by atoms with van der Waals surface area (Å²) in [6.07, 6.45) is -2.39. The lowest BCUT2D eigenvalue weighted by atomic mass is 10.3. The Morgan fingerprint density at radius 2 is 1.92 bits per heavy atom. The summed E-state index contributed by atoms with van der Waals surface area (Å²) >= 11 is 1.08. The average Bonchev–Trinajstić information content (AvgIpc) is 2.02. The maximum absolute atomic E-state index is 12.1. The van der Waals surface area contributed by atoms with Crippen molar-refractivity contribution in [2.24, 2.45) is 0 Å². The topological polar surface area (TPSA) is 37.3 Å². The lowest BCUT2D eigenvalue weighted by Crippen LogP contribution is -1.98. The van der Waals surface area contributed by atoms with Gasteiger partial charge in [-0.3, -0.25) is 4.79 Å². The summed E-state index contributed by atoms with van der Waals surface area (Å²) in [7, 11) is 0. The number of hydrogen-bond donors (Lipinski definition) is 1. The van der Waals surface area contributed by atoms with Crippen LogP contribution in [0, 0.1) is 0 Å². The van der Waals surface area contributed by atoms with E-state index in [1.54, 1.807) is 0 Å². The minimum atomic E-state index is -2.29. The maximum Gasteiger partial charge on any atom is 0.313 e. The van der Waals surface area contributed by atoms with Crippen molar-refractivity contribution in [3.8, 4) is 0 Å². The fourth-order valence-corrected chi connectivity index (χ4v) is 1.25. The molecule has 0 saturated carbocycles. The Morgan fingerprint density at radius 1 is 1.31 bits per heavy atom. The molecule has 0 amide bonds. The molecule has 0 heterocycles. The Bertz CT molecular complexity index is 202. The van der Waals surface area contributed by atoms with Crippen molar-refractivity contribution in [2.45, 2.75) is 12.8 Å². The van der Waals surface area contributed by atoms with E-state index < -0.39 is 17.9 Å². The van der Waals surface area contributed by atoms with Crippen molar-refractivity contribution in [3.63, 3.8) is 0 Å². The largest absolute Gasteiger partial charge is 0.481 e. The van der Waals surface area contributed by atoms with Gasteiger partial charge < -0.3 is 5.11 Å². The van der Waals surface area contributed by atoms with Gasteiger partial charge in [-0.25, -0.2) is 4.39 Å². The standard InChI is InChI=1S/C7H9F3O2S/c8-5(7(9)10)2-1-3-13-4-6(11)12/h1-4H2,(H,11,12). The van der Waals surface area contributed by atoms with E-state index in [0.29, 0.717) is 5.75 Å². The Labute approximate surface area is 77.8 Å². The van der Waals surface area contributed by atoms with Crippen molar-refractivity contribution >= 4 is 17.7 Å². The summed E-state index contributed by atoms with van der Waals surface area (Å²) in [5.41, 5.74) is 0. The third-order valence-electron chi connectivity index (χ3n) is 1.12. The van der Waals surface area contributed by atoms with E-state index in [-0.39, 0.29) is 18.6 Å². The molecular formula is C7H9F3O2S. The quantitative estimate of drug-likeness (QED) is 0.690. The van der Waals surface area contributed by atoms with Crippen LogP contribution in [-0.4, -0.2) is 22.6 Å². The molecule has 13 heavy (non-hydrogen) atoms. The summed E-state index contributed by atoms with van der Waals surface area (Å²) in [6, 6.07) is 0. The Kier molecular flexibility index (Phi) is 6.48. The molecule has 0 atom stereocenters. The first kappa shape index (κ1) is 12.3. The third kappa shape index (κ3) is 7.70. The molecule has 0 aliphatic heterocycles. The second-order valence-electron chi connectivity index (χ2n) is 2.22. The Morgan fingerprint density at radius 3 is 2.38 bits per heavy atom. The zero-order valence-electron chi connectivity index (χ0n) is 6.73. The smallest absolute Gasteiger partial charge is 0.313 e. The van der Waals surface area contributed by atoms with E-state index in [9.17, 15) is 18.0 Å². The fraction of sp³-hybridized carbons (Fsp3) is 0.571. The lowest BCUT2D eigenvalue weighted by molar-refractivity contribution is -0.133. The van der Waals surface area contributed by atoms with Crippen molar-refractivity contribution in [2.75, 3.05) is 11.5 Å². The Hall–Kier alpha value is -0.650. The van der Waals surface area contributed by atoms with E-state index >= 15 is 0 Å². The summed E-state index contributed by atoms with van der Waals surface area (Å²) in [6.45, 7) is 0. The van der Waals surface area contributed by atoms with Crippen LogP contribution in [0.15, 0.2) is 11.9 Å². The summed E-state index contributed by atoms with van der Waals surface area (Å²) < 4.78 is 35.1. The maximum atomic E-state index is 12.1. The zero-order chi connectivity index (χ0) is 10.3. The number of allylic oxidation sites excluding steroid dienone is 1. The molecular weight excluding hydrogens is 205 g/mol. The number of hydrogen-bond acceptors (Lipinski definition) is 2. The average molecular weight is 214 g/mol. The number of aliphatic carboxylic acids is 1. The van der Waals surface area contributed by atoms with Gasteiger partial charge in [0.05, 0.1) is 5.75 Å². The molecule has 0 aliphatic rings. The summed E-state index contributed by atoms with van der Waals surface area (Å²) in [4.78, 5) is 9.98. The fourth-order valence-electron chi connectivity index (χ4n) is 0.583. The molecule has 0 unspecified atom stereocenters. The van der Waals surface area contributed by atoms with E-state index in [2.05, 4.69) is 0 Å². The van der Waals surface area contributed by atoms with Gasteiger partial charge >= 0.3 is 12.0 Å². The predicted molar refractivity (Wildman–Crippen MR) is 44.5 cm³/mol. The van der Waals surface area contributed by atoms with Crippen LogP contribution in [0.5, 0.6) is 0 Å². The highest BCUT2D eigenvalue weighted by Crippen LogP contribution is 2.16. The number of carboxylic acids is 1. The first-order chi connectivity index (χ1) is 6.04. The Balaban J connectivity index is 3.37. The van der Waals surface area contributed by atoms with E-state index in [1.165, 1.54) is 0 Å². The van der Waals surface area contributed by atoms with E-state index in [1.807, 2.05) is 0 Å². The van der Waals surface area contributed by atoms with E-state index in [4.69, 9.17) is 5.11 Å². The minimum absolute atomic E-state index is 0.0799. The van der Waals surface area contributed by atoms with Crippen molar-refractivity contribution < 1.29 is 23.1 Å².